The molecule has 1 atom stereocenters. The maximum Gasteiger partial charge on any atom is 0.135 e. The van der Waals surface area contributed by atoms with E-state index in [2.05, 4.69) is 41.0 Å². The highest BCUT2D eigenvalue weighted by atomic mass is 19.1. The average Bonchev–Trinajstić information content (AvgIpc) is 2.60. The van der Waals surface area contributed by atoms with Gasteiger partial charge < -0.3 is 5.32 Å². The third kappa shape index (κ3) is 4.18. The average molecular weight is 336 g/mol. The molecule has 128 valence electrons. The van der Waals surface area contributed by atoms with Gasteiger partial charge in [0.15, 0.2) is 0 Å². The molecular weight excluding hydrogens is 315 g/mol. The Labute approximate surface area is 147 Å². The lowest BCUT2D eigenvalue weighted by atomic mass is 9.96. The van der Waals surface area contributed by atoms with Gasteiger partial charge in [0.1, 0.15) is 17.5 Å². The molecule has 1 N–H and O–H groups in total. The highest BCUT2D eigenvalue weighted by molar-refractivity contribution is 5.42. The Morgan fingerprint density at radius 3 is 2.48 bits per heavy atom. The maximum atomic E-state index is 13.7. The van der Waals surface area contributed by atoms with Crippen molar-refractivity contribution in [3.05, 3.63) is 83.8 Å². The topological polar surface area (TPSA) is 50.7 Å². The number of halogens is 1. The van der Waals surface area contributed by atoms with Crippen LogP contribution in [0.25, 0.3) is 0 Å². The molecule has 0 amide bonds. The number of nitrogens with one attached hydrogen (secondary N) is 1. The van der Waals surface area contributed by atoms with E-state index in [0.717, 1.165) is 17.1 Å². The first kappa shape index (κ1) is 17.0. The van der Waals surface area contributed by atoms with Gasteiger partial charge in [-0.05, 0) is 35.9 Å². The van der Waals surface area contributed by atoms with E-state index in [1.165, 1.54) is 12.1 Å². The highest BCUT2D eigenvalue weighted by Crippen LogP contribution is 2.26. The summed E-state index contributed by atoms with van der Waals surface area (Å²) >= 11 is 0. The Morgan fingerprint density at radius 2 is 1.80 bits per heavy atom. The van der Waals surface area contributed by atoms with Gasteiger partial charge in [0.05, 0.1) is 11.7 Å². The number of benzene rings is 1. The minimum Gasteiger partial charge on any atom is -0.357 e. The van der Waals surface area contributed by atoms with Crippen molar-refractivity contribution in [1.82, 2.24) is 15.0 Å². The van der Waals surface area contributed by atoms with Crippen LogP contribution in [0.5, 0.6) is 0 Å². The molecule has 4 nitrogen and oxygen atoms in total. The van der Waals surface area contributed by atoms with Gasteiger partial charge in [-0.1, -0.05) is 39.0 Å². The lowest BCUT2D eigenvalue weighted by Crippen LogP contribution is -2.19. The van der Waals surface area contributed by atoms with Gasteiger partial charge in [-0.25, -0.2) is 14.4 Å². The van der Waals surface area contributed by atoms with Gasteiger partial charge >= 0.3 is 0 Å². The van der Waals surface area contributed by atoms with E-state index < -0.39 is 0 Å². The van der Waals surface area contributed by atoms with Crippen molar-refractivity contribution in [2.24, 2.45) is 0 Å². The van der Waals surface area contributed by atoms with Gasteiger partial charge in [-0.15, -0.1) is 0 Å². The van der Waals surface area contributed by atoms with E-state index in [-0.39, 0.29) is 17.3 Å². The molecule has 25 heavy (non-hydrogen) atoms. The summed E-state index contributed by atoms with van der Waals surface area (Å²) < 4.78 is 13.7. The number of hydrogen-bond acceptors (Lipinski definition) is 4. The number of nitrogens with zero attached hydrogens (tertiary/aromatic N) is 3. The summed E-state index contributed by atoms with van der Waals surface area (Å²) in [6, 6.07) is 13.7. The van der Waals surface area contributed by atoms with E-state index in [0.29, 0.717) is 5.82 Å². The minimum absolute atomic E-state index is 0.156. The Bertz CT molecular complexity index is 844. The van der Waals surface area contributed by atoms with Crippen molar-refractivity contribution < 1.29 is 4.39 Å². The van der Waals surface area contributed by atoms with Crippen LogP contribution >= 0.6 is 0 Å². The molecule has 0 fully saturated rings. The lowest BCUT2D eigenvalue weighted by molar-refractivity contribution is 0.545. The van der Waals surface area contributed by atoms with Gasteiger partial charge in [0.2, 0.25) is 0 Å². The maximum absolute atomic E-state index is 13.7. The molecule has 1 aromatic carbocycles. The summed E-state index contributed by atoms with van der Waals surface area (Å²) in [6.07, 6.45) is 3.46. The molecule has 3 aromatic rings. The van der Waals surface area contributed by atoms with Gasteiger partial charge in [-0.3, -0.25) is 4.98 Å². The van der Waals surface area contributed by atoms with Crippen LogP contribution < -0.4 is 5.32 Å². The molecule has 3 rings (SSSR count). The zero-order valence-corrected chi connectivity index (χ0v) is 14.6. The molecule has 1 unspecified atom stereocenters. The second kappa shape index (κ2) is 6.97. The van der Waals surface area contributed by atoms with Crippen LogP contribution in [0.4, 0.5) is 10.2 Å². The fourth-order valence-electron chi connectivity index (χ4n) is 2.51. The number of pyridine rings is 1. The number of anilines is 1. The molecule has 2 heterocycles. The molecular formula is C20H21FN4. The summed E-state index contributed by atoms with van der Waals surface area (Å²) in [5.41, 5.74) is 1.43. The molecule has 5 heteroatoms. The normalized spacial score (nSPS) is 12.6. The SMILES string of the molecule is CC(C)(C)c1nccc(NC(c2cccc(F)c2)c2ccccn2)n1. The minimum atomic E-state index is -0.306. The third-order valence-corrected chi connectivity index (χ3v) is 3.78. The van der Waals surface area contributed by atoms with Crippen LogP contribution in [0, 0.1) is 5.82 Å². The van der Waals surface area contributed by atoms with Crippen molar-refractivity contribution in [3.8, 4) is 0 Å². The Morgan fingerprint density at radius 1 is 0.960 bits per heavy atom. The molecule has 0 aliphatic carbocycles. The Kier molecular flexibility index (Phi) is 4.74. The van der Waals surface area contributed by atoms with Crippen molar-refractivity contribution in [2.75, 3.05) is 5.32 Å². The molecule has 0 aliphatic rings. The second-order valence-electron chi connectivity index (χ2n) is 6.90. The third-order valence-electron chi connectivity index (χ3n) is 3.78. The molecule has 0 spiro atoms. The zero-order chi connectivity index (χ0) is 17.9. The standard InChI is InChI=1S/C20H21FN4/c1-20(2,3)19-23-12-10-17(25-19)24-18(16-9-4-5-11-22-16)14-7-6-8-15(21)13-14/h4-13,18H,1-3H3,(H,23,24,25). The quantitative estimate of drug-likeness (QED) is 0.761. The fourth-order valence-corrected chi connectivity index (χ4v) is 2.51. The van der Waals surface area contributed by atoms with Crippen LogP contribution in [-0.2, 0) is 5.41 Å². The first-order chi connectivity index (χ1) is 11.9. The van der Waals surface area contributed by atoms with Crippen LogP contribution in [0.1, 0.15) is 43.9 Å². The largest absolute Gasteiger partial charge is 0.357 e. The highest BCUT2D eigenvalue weighted by Gasteiger charge is 2.20. The second-order valence-corrected chi connectivity index (χ2v) is 6.90. The molecule has 0 radical (unpaired) electrons. The zero-order valence-electron chi connectivity index (χ0n) is 14.6. The summed E-state index contributed by atoms with van der Waals surface area (Å²) in [5, 5.41) is 3.37. The van der Waals surface area contributed by atoms with Crippen molar-refractivity contribution in [1.29, 1.82) is 0 Å². The van der Waals surface area contributed by atoms with Crippen LogP contribution in [0.3, 0.4) is 0 Å². The molecule has 2 aromatic heterocycles. The molecule has 0 saturated carbocycles. The smallest absolute Gasteiger partial charge is 0.135 e. The van der Waals surface area contributed by atoms with Crippen LogP contribution in [0.15, 0.2) is 60.9 Å². The van der Waals surface area contributed by atoms with Crippen LogP contribution in [-0.4, -0.2) is 15.0 Å². The number of rotatable bonds is 4. The van der Waals surface area contributed by atoms with Crippen molar-refractivity contribution in [3.63, 3.8) is 0 Å². The summed E-state index contributed by atoms with van der Waals surface area (Å²) in [5.74, 6) is 1.15. The van der Waals surface area contributed by atoms with E-state index >= 15 is 0 Å². The van der Waals surface area contributed by atoms with E-state index in [1.54, 1.807) is 18.5 Å². The molecule has 0 bridgehead atoms. The summed E-state index contributed by atoms with van der Waals surface area (Å²) in [6.45, 7) is 6.19. The first-order valence-corrected chi connectivity index (χ1v) is 8.20. The first-order valence-electron chi connectivity index (χ1n) is 8.20. The monoisotopic (exact) mass is 336 g/mol. The molecule has 0 saturated heterocycles. The van der Waals surface area contributed by atoms with Gasteiger partial charge in [0.25, 0.3) is 0 Å². The Balaban J connectivity index is 1.99. The fraction of sp³-hybridized carbons (Fsp3) is 0.250. The van der Waals surface area contributed by atoms with E-state index in [4.69, 9.17) is 0 Å². The Hall–Kier alpha value is -2.82. The number of aromatic nitrogens is 3. The van der Waals surface area contributed by atoms with Gasteiger partial charge in [-0.2, -0.15) is 0 Å². The van der Waals surface area contributed by atoms with Crippen molar-refractivity contribution in [2.45, 2.75) is 32.2 Å². The summed E-state index contributed by atoms with van der Waals surface area (Å²) in [4.78, 5) is 13.4. The van der Waals surface area contributed by atoms with Crippen molar-refractivity contribution >= 4 is 5.82 Å². The predicted molar refractivity (Wildman–Crippen MR) is 96.8 cm³/mol. The molecule has 0 aliphatic heterocycles. The van der Waals surface area contributed by atoms with E-state index in [1.807, 2.05) is 30.3 Å². The predicted octanol–water partition coefficient (Wildman–Crippen LogP) is 4.51. The summed E-state index contributed by atoms with van der Waals surface area (Å²) in [7, 11) is 0. The van der Waals surface area contributed by atoms with Crippen LogP contribution in [0.2, 0.25) is 0 Å². The number of hydrogen-bond donors (Lipinski definition) is 1. The lowest BCUT2D eigenvalue weighted by Gasteiger charge is -2.21. The van der Waals surface area contributed by atoms with E-state index in [9.17, 15) is 4.39 Å². The van der Waals surface area contributed by atoms with Gasteiger partial charge in [0, 0.05) is 17.8 Å².